The molecule has 7 heteroatoms. The van der Waals surface area contributed by atoms with Crippen molar-refractivity contribution < 1.29 is 34.4 Å². The van der Waals surface area contributed by atoms with Crippen LogP contribution in [0.25, 0.3) is 0 Å². The number of allylic oxidation sites excluding steroid dienone is 2. The number of ether oxygens (including phenoxy) is 1. The summed E-state index contributed by atoms with van der Waals surface area (Å²) in [5.41, 5.74) is -1.02. The maximum absolute atomic E-state index is 13.0. The van der Waals surface area contributed by atoms with Gasteiger partial charge in [0.05, 0.1) is 23.1 Å². The first-order valence-corrected chi connectivity index (χ1v) is 9.37. The molecule has 0 spiro atoms. The van der Waals surface area contributed by atoms with Gasteiger partial charge in [0.15, 0.2) is 11.6 Å². The summed E-state index contributed by atoms with van der Waals surface area (Å²) in [6.07, 6.45) is 1.91. The molecule has 0 aromatic heterocycles. The zero-order chi connectivity index (χ0) is 21.9. The molecule has 1 aromatic carbocycles. The van der Waals surface area contributed by atoms with E-state index in [1.807, 2.05) is 13.8 Å². The van der Waals surface area contributed by atoms with E-state index in [0.29, 0.717) is 6.42 Å². The highest BCUT2D eigenvalue weighted by Crippen LogP contribution is 2.36. The molecule has 0 fully saturated rings. The fraction of sp³-hybridized carbons (Fsp3) is 0.409. The number of fused-ring (bicyclic) bond motifs is 1. The number of carbonyl (C=O) groups excluding carboxylic acids is 3. The number of phenols is 2. The Labute approximate surface area is 169 Å². The number of rotatable bonds is 7. The van der Waals surface area contributed by atoms with Gasteiger partial charge in [-0.3, -0.25) is 14.4 Å². The van der Waals surface area contributed by atoms with E-state index in [2.05, 4.69) is 0 Å². The summed E-state index contributed by atoms with van der Waals surface area (Å²) >= 11 is 0. The van der Waals surface area contributed by atoms with Crippen molar-refractivity contribution in [2.75, 3.05) is 0 Å². The topological polar surface area (TPSA) is 121 Å². The monoisotopic (exact) mass is 402 g/mol. The van der Waals surface area contributed by atoms with E-state index >= 15 is 0 Å². The van der Waals surface area contributed by atoms with Gasteiger partial charge in [-0.05, 0) is 45.4 Å². The molecule has 1 aromatic rings. The molecule has 2 atom stereocenters. The van der Waals surface area contributed by atoms with E-state index in [9.17, 15) is 29.7 Å². The second-order valence-corrected chi connectivity index (χ2v) is 7.67. The predicted octanol–water partition coefficient (Wildman–Crippen LogP) is 3.22. The molecular weight excluding hydrogens is 376 g/mol. The molecule has 0 heterocycles. The zero-order valence-electron chi connectivity index (χ0n) is 17.0. The summed E-state index contributed by atoms with van der Waals surface area (Å²) in [5.74, 6) is -2.93. The molecule has 2 rings (SSSR count). The Kier molecular flexibility index (Phi) is 6.64. The maximum Gasteiger partial charge on any atom is 0.309 e. The average Bonchev–Trinajstić information content (AvgIpc) is 2.63. The van der Waals surface area contributed by atoms with Crippen LogP contribution in [0.1, 0.15) is 67.7 Å². The van der Waals surface area contributed by atoms with Crippen molar-refractivity contribution in [1.29, 1.82) is 0 Å². The Morgan fingerprint density at radius 3 is 2.31 bits per heavy atom. The Hall–Kier alpha value is -2.93. The van der Waals surface area contributed by atoms with Gasteiger partial charge in [-0.2, -0.15) is 0 Å². The lowest BCUT2D eigenvalue weighted by Crippen LogP contribution is -2.33. The molecule has 29 heavy (non-hydrogen) atoms. The minimum Gasteiger partial charge on any atom is -0.507 e. The van der Waals surface area contributed by atoms with Crippen molar-refractivity contribution in [3.63, 3.8) is 0 Å². The molecule has 0 aliphatic heterocycles. The number of carbonyl (C=O) groups is 3. The van der Waals surface area contributed by atoms with Gasteiger partial charge in [0.25, 0.3) is 0 Å². The van der Waals surface area contributed by atoms with Crippen molar-refractivity contribution in [1.82, 2.24) is 0 Å². The number of aromatic hydroxyl groups is 2. The van der Waals surface area contributed by atoms with Gasteiger partial charge < -0.3 is 20.1 Å². The molecule has 0 saturated carbocycles. The number of esters is 1. The Bertz CT molecular complexity index is 902. The summed E-state index contributed by atoms with van der Waals surface area (Å²) in [4.78, 5) is 37.9. The smallest absolute Gasteiger partial charge is 0.309 e. The zero-order valence-corrected chi connectivity index (χ0v) is 17.0. The lowest BCUT2D eigenvalue weighted by molar-refractivity contribution is -0.152. The van der Waals surface area contributed by atoms with Crippen LogP contribution in [0.4, 0.5) is 0 Å². The summed E-state index contributed by atoms with van der Waals surface area (Å²) in [6.45, 7) is 6.90. The second-order valence-electron chi connectivity index (χ2n) is 7.67. The highest BCUT2D eigenvalue weighted by molar-refractivity contribution is 6.27. The van der Waals surface area contributed by atoms with Gasteiger partial charge in [0, 0.05) is 12.0 Å². The number of ketones is 2. The van der Waals surface area contributed by atoms with Crippen LogP contribution < -0.4 is 0 Å². The summed E-state index contributed by atoms with van der Waals surface area (Å²) in [5, 5.41) is 30.1. The molecule has 0 radical (unpaired) electrons. The van der Waals surface area contributed by atoms with Crippen molar-refractivity contribution >= 4 is 17.5 Å². The number of phenolic OH excluding ortho intramolecular Hbond substituents is 2. The largest absolute Gasteiger partial charge is 0.507 e. The SMILES string of the molecule is CC[C@@](C)(O)CC(=O)O[C@H](CC=C(C)C)C1=CC(=O)c2c(O)ccc(O)c2C1=O. The first kappa shape index (κ1) is 22.4. The lowest BCUT2D eigenvalue weighted by Gasteiger charge is -2.25. The minimum atomic E-state index is -1.25. The summed E-state index contributed by atoms with van der Waals surface area (Å²) in [7, 11) is 0. The van der Waals surface area contributed by atoms with E-state index in [0.717, 1.165) is 23.8 Å². The van der Waals surface area contributed by atoms with E-state index < -0.39 is 40.7 Å². The van der Waals surface area contributed by atoms with Crippen LogP contribution in [-0.4, -0.2) is 44.6 Å². The quantitative estimate of drug-likeness (QED) is 0.364. The third kappa shape index (κ3) is 5.12. The van der Waals surface area contributed by atoms with E-state index in [1.165, 1.54) is 6.92 Å². The van der Waals surface area contributed by atoms with Crippen molar-refractivity contribution in [2.45, 2.75) is 58.7 Å². The number of aliphatic hydroxyl groups is 1. The van der Waals surface area contributed by atoms with Gasteiger partial charge in [-0.1, -0.05) is 18.6 Å². The van der Waals surface area contributed by atoms with Crippen LogP contribution in [0.2, 0.25) is 0 Å². The second kappa shape index (κ2) is 8.61. The molecule has 7 nitrogen and oxygen atoms in total. The number of benzene rings is 1. The third-order valence-corrected chi connectivity index (χ3v) is 4.83. The average molecular weight is 402 g/mol. The molecule has 0 amide bonds. The molecular formula is C22H26O7. The standard InChI is InChI=1S/C22H26O7/c1-5-22(4,28)11-18(26)29-17(9-6-12(2)3)13-10-16(25)19-14(23)7-8-15(24)20(19)21(13)27/h6-8,10,17,23-24,28H,5,9,11H2,1-4H3/t17-,22-/m1/s1. The van der Waals surface area contributed by atoms with E-state index in [1.54, 1.807) is 13.0 Å². The van der Waals surface area contributed by atoms with Crippen molar-refractivity contribution in [3.05, 3.63) is 46.6 Å². The van der Waals surface area contributed by atoms with Crippen molar-refractivity contribution in [3.8, 4) is 11.5 Å². The van der Waals surface area contributed by atoms with Gasteiger partial charge in [0.1, 0.15) is 17.6 Å². The number of Topliss-reactive ketones (excluding diaryl/α,β-unsaturated/α-hetero) is 1. The molecule has 1 aliphatic carbocycles. The number of hydrogen-bond donors (Lipinski definition) is 3. The van der Waals surface area contributed by atoms with Crippen LogP contribution in [0, 0.1) is 0 Å². The molecule has 1 aliphatic rings. The normalized spacial score (nSPS) is 16.4. The van der Waals surface area contributed by atoms with Crippen LogP contribution in [0.5, 0.6) is 11.5 Å². The highest BCUT2D eigenvalue weighted by atomic mass is 16.5. The van der Waals surface area contributed by atoms with Gasteiger partial charge >= 0.3 is 5.97 Å². The van der Waals surface area contributed by atoms with E-state index in [4.69, 9.17) is 4.74 Å². The van der Waals surface area contributed by atoms with Gasteiger partial charge in [-0.25, -0.2) is 0 Å². The fourth-order valence-corrected chi connectivity index (χ4v) is 2.94. The highest BCUT2D eigenvalue weighted by Gasteiger charge is 2.36. The molecule has 0 bridgehead atoms. The number of hydrogen-bond acceptors (Lipinski definition) is 7. The maximum atomic E-state index is 13.0. The lowest BCUT2D eigenvalue weighted by atomic mass is 9.85. The Morgan fingerprint density at radius 1 is 1.17 bits per heavy atom. The van der Waals surface area contributed by atoms with E-state index in [-0.39, 0.29) is 29.5 Å². The third-order valence-electron chi connectivity index (χ3n) is 4.83. The summed E-state index contributed by atoms with van der Waals surface area (Å²) in [6, 6.07) is 2.25. The first-order valence-electron chi connectivity index (χ1n) is 9.37. The van der Waals surface area contributed by atoms with Crippen LogP contribution in [0.3, 0.4) is 0 Å². The first-order chi connectivity index (χ1) is 13.5. The summed E-state index contributed by atoms with van der Waals surface area (Å²) < 4.78 is 5.45. The van der Waals surface area contributed by atoms with Crippen molar-refractivity contribution in [2.24, 2.45) is 0 Å². The predicted molar refractivity (Wildman–Crippen MR) is 106 cm³/mol. The van der Waals surface area contributed by atoms with Gasteiger partial charge in [-0.15, -0.1) is 0 Å². The van der Waals surface area contributed by atoms with Crippen LogP contribution in [-0.2, 0) is 9.53 Å². The Morgan fingerprint density at radius 2 is 1.76 bits per heavy atom. The van der Waals surface area contributed by atoms with Crippen LogP contribution in [0.15, 0.2) is 35.4 Å². The minimum absolute atomic E-state index is 0.0922. The molecule has 0 saturated heterocycles. The Balaban J connectivity index is 2.42. The molecule has 156 valence electrons. The van der Waals surface area contributed by atoms with Crippen LogP contribution >= 0.6 is 0 Å². The molecule has 3 N–H and O–H groups in total. The van der Waals surface area contributed by atoms with Gasteiger partial charge in [0.2, 0.25) is 0 Å². The fourth-order valence-electron chi connectivity index (χ4n) is 2.94. The molecule has 0 unspecified atom stereocenters.